The summed E-state index contributed by atoms with van der Waals surface area (Å²) in [6.07, 6.45) is 0. The summed E-state index contributed by atoms with van der Waals surface area (Å²) >= 11 is 0. The molecule has 5 heteroatoms. The number of hydrogen-bond donors (Lipinski definition) is 1. The maximum absolute atomic E-state index is 12.8. The molecule has 0 saturated heterocycles. The van der Waals surface area contributed by atoms with Crippen LogP contribution in [0.1, 0.15) is 18.5 Å². The summed E-state index contributed by atoms with van der Waals surface area (Å²) in [4.78, 5) is 0. The lowest BCUT2D eigenvalue weighted by molar-refractivity contribution is 0.305. The fourth-order valence-electron chi connectivity index (χ4n) is 2.26. The van der Waals surface area contributed by atoms with Crippen molar-refractivity contribution in [3.63, 3.8) is 0 Å². The zero-order valence-electron chi connectivity index (χ0n) is 13.6. The van der Waals surface area contributed by atoms with Crippen LogP contribution in [0.4, 0.5) is 4.39 Å². The van der Waals surface area contributed by atoms with Gasteiger partial charge in [-0.2, -0.15) is 0 Å². The third-order valence-corrected chi connectivity index (χ3v) is 3.54. The third-order valence-electron chi connectivity index (χ3n) is 3.54. The zero-order chi connectivity index (χ0) is 16.7. The van der Waals surface area contributed by atoms with Gasteiger partial charge in [-0.15, -0.1) is 0 Å². The molecule has 1 unspecified atom stereocenters. The van der Waals surface area contributed by atoms with Crippen molar-refractivity contribution in [3.8, 4) is 17.2 Å². The van der Waals surface area contributed by atoms with Gasteiger partial charge in [0.15, 0.2) is 0 Å². The second kappa shape index (κ2) is 8.39. The van der Waals surface area contributed by atoms with Crippen LogP contribution >= 0.6 is 0 Å². The van der Waals surface area contributed by atoms with Crippen LogP contribution in [0, 0.1) is 5.82 Å². The Hall–Kier alpha value is -2.27. The fourth-order valence-corrected chi connectivity index (χ4v) is 2.26. The first-order valence-electron chi connectivity index (χ1n) is 7.47. The van der Waals surface area contributed by atoms with E-state index in [0.717, 1.165) is 17.1 Å². The Kier molecular flexibility index (Phi) is 6.23. The summed E-state index contributed by atoms with van der Waals surface area (Å²) < 4.78 is 29.0. The molecule has 23 heavy (non-hydrogen) atoms. The Morgan fingerprint density at radius 1 is 1.00 bits per heavy atom. The van der Waals surface area contributed by atoms with Crippen LogP contribution in [0.25, 0.3) is 0 Å². The van der Waals surface area contributed by atoms with Crippen molar-refractivity contribution in [2.45, 2.75) is 13.0 Å². The molecule has 0 fully saturated rings. The van der Waals surface area contributed by atoms with E-state index in [4.69, 9.17) is 14.2 Å². The SMILES string of the molecule is COc1ccc(OC)c(C(C)NCCOc2ccc(F)cc2)c1. The topological polar surface area (TPSA) is 39.7 Å². The van der Waals surface area contributed by atoms with E-state index in [1.54, 1.807) is 26.4 Å². The molecule has 1 atom stereocenters. The van der Waals surface area contributed by atoms with Crippen LogP contribution in [-0.4, -0.2) is 27.4 Å². The van der Waals surface area contributed by atoms with Crippen molar-refractivity contribution in [1.82, 2.24) is 5.32 Å². The molecule has 0 saturated carbocycles. The fraction of sp³-hybridized carbons (Fsp3) is 0.333. The molecule has 0 aliphatic rings. The van der Waals surface area contributed by atoms with E-state index in [0.29, 0.717) is 18.9 Å². The quantitative estimate of drug-likeness (QED) is 0.755. The molecule has 2 aromatic rings. The Labute approximate surface area is 136 Å². The highest BCUT2D eigenvalue weighted by Crippen LogP contribution is 2.29. The summed E-state index contributed by atoms with van der Waals surface area (Å²) in [7, 11) is 3.29. The molecule has 0 aliphatic heterocycles. The number of ether oxygens (including phenoxy) is 3. The lowest BCUT2D eigenvalue weighted by Gasteiger charge is -2.18. The number of methoxy groups -OCH3 is 2. The largest absolute Gasteiger partial charge is 0.497 e. The van der Waals surface area contributed by atoms with Crippen LogP contribution in [-0.2, 0) is 0 Å². The van der Waals surface area contributed by atoms with Crippen LogP contribution in [0.5, 0.6) is 17.2 Å². The molecule has 0 heterocycles. The molecule has 1 N–H and O–H groups in total. The number of hydrogen-bond acceptors (Lipinski definition) is 4. The van der Waals surface area contributed by atoms with E-state index < -0.39 is 0 Å². The summed E-state index contributed by atoms with van der Waals surface area (Å²) in [5, 5.41) is 3.37. The van der Waals surface area contributed by atoms with Crippen molar-refractivity contribution >= 4 is 0 Å². The standard InChI is InChI=1S/C18H22FNO3/c1-13(17-12-16(21-2)8-9-18(17)22-3)20-10-11-23-15-6-4-14(19)5-7-15/h4-9,12-13,20H,10-11H2,1-3H3. The molecule has 2 rings (SSSR count). The second-order valence-corrected chi connectivity index (χ2v) is 5.09. The third kappa shape index (κ3) is 4.86. The van der Waals surface area contributed by atoms with Gasteiger partial charge in [0.25, 0.3) is 0 Å². The summed E-state index contributed by atoms with van der Waals surface area (Å²) in [6.45, 7) is 3.19. The molecule has 0 aromatic heterocycles. The molecule has 0 aliphatic carbocycles. The second-order valence-electron chi connectivity index (χ2n) is 5.09. The number of halogens is 1. The highest BCUT2D eigenvalue weighted by atomic mass is 19.1. The van der Waals surface area contributed by atoms with E-state index >= 15 is 0 Å². The highest BCUT2D eigenvalue weighted by Gasteiger charge is 2.12. The Balaban J connectivity index is 1.86. The molecule has 0 bridgehead atoms. The van der Waals surface area contributed by atoms with Gasteiger partial charge in [0.1, 0.15) is 29.7 Å². The van der Waals surface area contributed by atoms with Gasteiger partial charge < -0.3 is 19.5 Å². The van der Waals surface area contributed by atoms with Crippen LogP contribution in [0.15, 0.2) is 42.5 Å². The van der Waals surface area contributed by atoms with Gasteiger partial charge in [0.05, 0.1) is 14.2 Å². The Bertz CT molecular complexity index is 616. The molecule has 2 aromatic carbocycles. The molecule has 0 radical (unpaired) electrons. The predicted molar refractivity (Wildman–Crippen MR) is 87.9 cm³/mol. The predicted octanol–water partition coefficient (Wildman–Crippen LogP) is 3.57. The highest BCUT2D eigenvalue weighted by molar-refractivity contribution is 5.42. The monoisotopic (exact) mass is 319 g/mol. The molecule has 0 spiro atoms. The van der Waals surface area contributed by atoms with Crippen molar-refractivity contribution in [3.05, 3.63) is 53.8 Å². The van der Waals surface area contributed by atoms with Gasteiger partial charge in [-0.3, -0.25) is 0 Å². The van der Waals surface area contributed by atoms with Crippen molar-refractivity contribution < 1.29 is 18.6 Å². The minimum Gasteiger partial charge on any atom is -0.497 e. The van der Waals surface area contributed by atoms with E-state index in [2.05, 4.69) is 12.2 Å². The van der Waals surface area contributed by atoms with Crippen LogP contribution < -0.4 is 19.5 Å². The summed E-state index contributed by atoms with van der Waals surface area (Å²) in [6, 6.07) is 11.8. The Morgan fingerprint density at radius 2 is 1.70 bits per heavy atom. The first-order valence-corrected chi connectivity index (χ1v) is 7.47. The van der Waals surface area contributed by atoms with Gasteiger partial charge in [0.2, 0.25) is 0 Å². The molecule has 124 valence electrons. The molecular formula is C18H22FNO3. The summed E-state index contributed by atoms with van der Waals surface area (Å²) in [5.74, 6) is 1.98. The zero-order valence-corrected chi connectivity index (χ0v) is 13.6. The minimum absolute atomic E-state index is 0.0804. The average molecular weight is 319 g/mol. The summed E-state index contributed by atoms with van der Waals surface area (Å²) in [5.41, 5.74) is 1.02. The van der Waals surface area contributed by atoms with Crippen LogP contribution in [0.3, 0.4) is 0 Å². The van der Waals surface area contributed by atoms with Gasteiger partial charge >= 0.3 is 0 Å². The maximum Gasteiger partial charge on any atom is 0.123 e. The van der Waals surface area contributed by atoms with Crippen LogP contribution in [0.2, 0.25) is 0 Å². The molecule has 0 amide bonds. The van der Waals surface area contributed by atoms with Gasteiger partial charge in [-0.25, -0.2) is 4.39 Å². The van der Waals surface area contributed by atoms with E-state index in [1.165, 1.54) is 12.1 Å². The van der Waals surface area contributed by atoms with E-state index in [9.17, 15) is 4.39 Å². The van der Waals surface area contributed by atoms with E-state index in [1.807, 2.05) is 18.2 Å². The van der Waals surface area contributed by atoms with Gasteiger partial charge in [0, 0.05) is 18.2 Å². The smallest absolute Gasteiger partial charge is 0.123 e. The first-order chi connectivity index (χ1) is 11.1. The number of nitrogens with one attached hydrogen (secondary N) is 1. The average Bonchev–Trinajstić information content (AvgIpc) is 2.59. The lowest BCUT2D eigenvalue weighted by Crippen LogP contribution is -2.24. The molecular weight excluding hydrogens is 297 g/mol. The van der Waals surface area contributed by atoms with Gasteiger partial charge in [-0.1, -0.05) is 0 Å². The lowest BCUT2D eigenvalue weighted by atomic mass is 10.1. The number of benzene rings is 2. The normalized spacial score (nSPS) is 11.8. The minimum atomic E-state index is -0.269. The molecule has 4 nitrogen and oxygen atoms in total. The van der Waals surface area contributed by atoms with Crippen molar-refractivity contribution in [2.75, 3.05) is 27.4 Å². The Morgan fingerprint density at radius 3 is 2.35 bits per heavy atom. The maximum atomic E-state index is 12.8. The van der Waals surface area contributed by atoms with E-state index in [-0.39, 0.29) is 11.9 Å². The van der Waals surface area contributed by atoms with Crippen molar-refractivity contribution in [1.29, 1.82) is 0 Å². The number of rotatable bonds is 8. The first kappa shape index (κ1) is 17.1. The van der Waals surface area contributed by atoms with Gasteiger partial charge in [-0.05, 0) is 49.4 Å². The van der Waals surface area contributed by atoms with Crippen molar-refractivity contribution in [2.24, 2.45) is 0 Å².